The van der Waals surface area contributed by atoms with Gasteiger partial charge in [0.25, 0.3) is 5.91 Å². The van der Waals surface area contributed by atoms with Crippen molar-refractivity contribution < 1.29 is 19.1 Å². The fourth-order valence-electron chi connectivity index (χ4n) is 2.64. The van der Waals surface area contributed by atoms with Crippen LogP contribution < -0.4 is 5.32 Å². The second kappa shape index (κ2) is 8.63. The summed E-state index contributed by atoms with van der Waals surface area (Å²) in [4.78, 5) is 24.3. The fraction of sp³-hybridized carbons (Fsp3) is 0.882. The summed E-state index contributed by atoms with van der Waals surface area (Å²) in [5.74, 6) is 0.431. The van der Waals surface area contributed by atoms with Crippen molar-refractivity contribution in [3.05, 3.63) is 0 Å². The third-order valence-corrected chi connectivity index (χ3v) is 4.32. The van der Waals surface area contributed by atoms with E-state index in [2.05, 4.69) is 5.32 Å². The molecule has 1 atom stereocenters. The van der Waals surface area contributed by atoms with E-state index >= 15 is 0 Å². The van der Waals surface area contributed by atoms with Gasteiger partial charge in [-0.3, -0.25) is 9.59 Å². The standard InChI is InChI=1S/C17H29NO4/c1-12(2)9-15(22-11-14-5-7-21-8-6-14)16(19)17(20)18-10-13-3-4-13/h12-15H,3-11H2,1-2H3,(H,18,20). The first-order chi connectivity index (χ1) is 10.6. The maximum absolute atomic E-state index is 12.3. The average Bonchev–Trinajstić information content (AvgIpc) is 3.33. The van der Waals surface area contributed by atoms with E-state index in [0.29, 0.717) is 37.3 Å². The highest BCUT2D eigenvalue weighted by molar-refractivity contribution is 6.37. The number of hydrogen-bond donors (Lipinski definition) is 1. The molecule has 1 aliphatic carbocycles. The van der Waals surface area contributed by atoms with Gasteiger partial charge in [0.2, 0.25) is 5.78 Å². The van der Waals surface area contributed by atoms with Crippen molar-refractivity contribution in [1.29, 1.82) is 0 Å². The largest absolute Gasteiger partial charge is 0.381 e. The van der Waals surface area contributed by atoms with Crippen molar-refractivity contribution in [3.63, 3.8) is 0 Å². The lowest BCUT2D eigenvalue weighted by Gasteiger charge is -2.25. The van der Waals surface area contributed by atoms with Gasteiger partial charge < -0.3 is 14.8 Å². The first kappa shape index (κ1) is 17.4. The number of amides is 1. The summed E-state index contributed by atoms with van der Waals surface area (Å²) >= 11 is 0. The smallest absolute Gasteiger partial charge is 0.290 e. The predicted molar refractivity (Wildman–Crippen MR) is 83.5 cm³/mol. The molecule has 0 aromatic rings. The molecular weight excluding hydrogens is 282 g/mol. The second-order valence-electron chi connectivity index (χ2n) is 7.02. The van der Waals surface area contributed by atoms with Crippen molar-refractivity contribution in [2.75, 3.05) is 26.4 Å². The summed E-state index contributed by atoms with van der Waals surface area (Å²) in [7, 11) is 0. The highest BCUT2D eigenvalue weighted by Gasteiger charge is 2.29. The average molecular weight is 311 g/mol. The molecule has 1 saturated heterocycles. The van der Waals surface area contributed by atoms with Crippen LogP contribution in [0.15, 0.2) is 0 Å². The summed E-state index contributed by atoms with van der Waals surface area (Å²) in [6, 6.07) is 0. The molecule has 2 rings (SSSR count). The molecule has 0 aromatic carbocycles. The van der Waals surface area contributed by atoms with Gasteiger partial charge in [-0.25, -0.2) is 0 Å². The number of ether oxygens (including phenoxy) is 2. The van der Waals surface area contributed by atoms with Crippen LogP contribution in [0.2, 0.25) is 0 Å². The normalized spacial score (nSPS) is 20.9. The van der Waals surface area contributed by atoms with E-state index in [-0.39, 0.29) is 0 Å². The van der Waals surface area contributed by atoms with E-state index in [1.54, 1.807) is 0 Å². The number of ketones is 1. The van der Waals surface area contributed by atoms with Gasteiger partial charge in [-0.1, -0.05) is 13.8 Å². The molecule has 126 valence electrons. The maximum atomic E-state index is 12.3. The van der Waals surface area contributed by atoms with Crippen molar-refractivity contribution in [1.82, 2.24) is 5.32 Å². The number of carbonyl (C=O) groups excluding carboxylic acids is 2. The monoisotopic (exact) mass is 311 g/mol. The lowest BCUT2D eigenvalue weighted by molar-refractivity contribution is -0.146. The minimum Gasteiger partial charge on any atom is -0.381 e. The number of carbonyl (C=O) groups is 2. The van der Waals surface area contributed by atoms with E-state index in [4.69, 9.17) is 9.47 Å². The Labute approximate surface area is 133 Å². The van der Waals surface area contributed by atoms with Crippen molar-refractivity contribution in [2.24, 2.45) is 17.8 Å². The van der Waals surface area contributed by atoms with Gasteiger partial charge in [0.15, 0.2) is 0 Å². The topological polar surface area (TPSA) is 64.6 Å². The molecule has 1 unspecified atom stereocenters. The van der Waals surface area contributed by atoms with Gasteiger partial charge in [-0.15, -0.1) is 0 Å². The molecule has 1 aliphatic heterocycles. The Bertz CT molecular complexity index is 373. The molecule has 1 N–H and O–H groups in total. The SMILES string of the molecule is CC(C)CC(OCC1CCOCC1)C(=O)C(=O)NCC1CC1. The van der Waals surface area contributed by atoms with Gasteiger partial charge in [-0.05, 0) is 49.9 Å². The third kappa shape index (κ3) is 6.05. The first-order valence-corrected chi connectivity index (χ1v) is 8.57. The highest BCUT2D eigenvalue weighted by Crippen LogP contribution is 2.27. The number of Topliss-reactive ketones (excluding diaryl/α,β-unsaturated/α-hetero) is 1. The van der Waals surface area contributed by atoms with Crippen molar-refractivity contribution >= 4 is 11.7 Å². The number of nitrogens with one attached hydrogen (secondary N) is 1. The van der Waals surface area contributed by atoms with Gasteiger partial charge in [0.05, 0.1) is 6.61 Å². The van der Waals surface area contributed by atoms with Crippen LogP contribution in [0.1, 0.15) is 46.0 Å². The molecule has 0 radical (unpaired) electrons. The quantitative estimate of drug-likeness (QED) is 0.661. The number of hydrogen-bond acceptors (Lipinski definition) is 4. The van der Waals surface area contributed by atoms with Crippen molar-refractivity contribution in [2.45, 2.75) is 52.1 Å². The zero-order valence-electron chi connectivity index (χ0n) is 13.8. The molecule has 5 heteroatoms. The van der Waals surface area contributed by atoms with Crippen LogP contribution in [0, 0.1) is 17.8 Å². The molecule has 0 aromatic heterocycles. The summed E-state index contributed by atoms with van der Waals surface area (Å²) in [5, 5.41) is 2.75. The molecule has 1 saturated carbocycles. The Hall–Kier alpha value is -0.940. The Balaban J connectivity index is 1.80. The van der Waals surface area contributed by atoms with Crippen LogP contribution in [0.25, 0.3) is 0 Å². The predicted octanol–water partition coefficient (Wildman–Crippen LogP) is 1.94. The fourth-order valence-corrected chi connectivity index (χ4v) is 2.64. The summed E-state index contributed by atoms with van der Waals surface area (Å²) in [5.41, 5.74) is 0. The molecule has 1 amide bonds. The molecule has 2 fully saturated rings. The van der Waals surface area contributed by atoms with Crippen LogP contribution in [0.3, 0.4) is 0 Å². The highest BCUT2D eigenvalue weighted by atomic mass is 16.5. The zero-order valence-corrected chi connectivity index (χ0v) is 13.8. The van der Waals surface area contributed by atoms with Crippen LogP contribution in [-0.4, -0.2) is 44.2 Å². The Morgan fingerprint density at radius 1 is 1.14 bits per heavy atom. The molecule has 22 heavy (non-hydrogen) atoms. The summed E-state index contributed by atoms with van der Waals surface area (Å²) < 4.78 is 11.2. The second-order valence-corrected chi connectivity index (χ2v) is 7.02. The Morgan fingerprint density at radius 2 is 1.82 bits per heavy atom. The van der Waals surface area contributed by atoms with E-state index < -0.39 is 17.8 Å². The van der Waals surface area contributed by atoms with Gasteiger partial charge in [-0.2, -0.15) is 0 Å². The summed E-state index contributed by atoms with van der Waals surface area (Å²) in [6.07, 6.45) is 4.24. The molecule has 2 aliphatic rings. The van der Waals surface area contributed by atoms with Crippen molar-refractivity contribution in [3.8, 4) is 0 Å². The van der Waals surface area contributed by atoms with Crippen LogP contribution in [0.4, 0.5) is 0 Å². The van der Waals surface area contributed by atoms with E-state index in [1.807, 2.05) is 13.8 Å². The minimum absolute atomic E-state index is 0.319. The molecule has 0 spiro atoms. The van der Waals surface area contributed by atoms with Gasteiger partial charge in [0.1, 0.15) is 6.10 Å². The van der Waals surface area contributed by atoms with Crippen LogP contribution >= 0.6 is 0 Å². The van der Waals surface area contributed by atoms with Crippen LogP contribution in [0.5, 0.6) is 0 Å². The lowest BCUT2D eigenvalue weighted by atomic mass is 10.00. The lowest BCUT2D eigenvalue weighted by Crippen LogP contribution is -2.41. The van der Waals surface area contributed by atoms with Gasteiger partial charge >= 0.3 is 0 Å². The maximum Gasteiger partial charge on any atom is 0.290 e. The first-order valence-electron chi connectivity index (χ1n) is 8.57. The van der Waals surface area contributed by atoms with Crippen LogP contribution in [-0.2, 0) is 19.1 Å². The molecule has 5 nitrogen and oxygen atoms in total. The third-order valence-electron chi connectivity index (χ3n) is 4.32. The van der Waals surface area contributed by atoms with Gasteiger partial charge in [0, 0.05) is 19.8 Å². The number of rotatable bonds is 9. The molecular formula is C17H29NO4. The van der Waals surface area contributed by atoms with E-state index in [0.717, 1.165) is 38.9 Å². The minimum atomic E-state index is -0.609. The molecule has 0 bridgehead atoms. The Morgan fingerprint density at radius 3 is 2.41 bits per heavy atom. The zero-order chi connectivity index (χ0) is 15.9. The van der Waals surface area contributed by atoms with E-state index in [9.17, 15) is 9.59 Å². The van der Waals surface area contributed by atoms with E-state index in [1.165, 1.54) is 0 Å². The Kier molecular flexibility index (Phi) is 6.83. The summed E-state index contributed by atoms with van der Waals surface area (Å²) in [6.45, 7) is 6.78. The molecule has 1 heterocycles.